The van der Waals surface area contributed by atoms with E-state index in [9.17, 15) is 4.79 Å². The van der Waals surface area contributed by atoms with E-state index in [2.05, 4.69) is 11.8 Å². The third-order valence-corrected chi connectivity index (χ3v) is 3.21. The molecule has 0 bridgehead atoms. The van der Waals surface area contributed by atoms with Crippen LogP contribution in [-0.4, -0.2) is 24.4 Å². The summed E-state index contributed by atoms with van der Waals surface area (Å²) in [7, 11) is 1.75. The highest BCUT2D eigenvalue weighted by Gasteiger charge is 2.16. The van der Waals surface area contributed by atoms with E-state index in [1.165, 1.54) is 0 Å². The Labute approximate surface area is 124 Å². The zero-order valence-electron chi connectivity index (χ0n) is 12.2. The van der Waals surface area contributed by atoms with Crippen LogP contribution in [0.15, 0.2) is 41.0 Å². The molecule has 2 aromatic rings. The van der Waals surface area contributed by atoms with Crippen LogP contribution in [-0.2, 0) is 6.54 Å². The maximum Gasteiger partial charge on any atom is 0.254 e. The highest BCUT2D eigenvalue weighted by molar-refractivity contribution is 5.96. The number of nitrogens with zero attached hydrogens (tertiary/aromatic N) is 1. The molecule has 21 heavy (non-hydrogen) atoms. The third-order valence-electron chi connectivity index (χ3n) is 3.21. The minimum atomic E-state index is -0.0553. The SMILES string of the molecule is Cc1c(C#CCN)cccc1C(=O)N(C)Cc1ccco1. The van der Waals surface area contributed by atoms with E-state index in [0.717, 1.165) is 16.9 Å². The first-order valence-corrected chi connectivity index (χ1v) is 6.70. The molecule has 0 fully saturated rings. The van der Waals surface area contributed by atoms with Crippen molar-refractivity contribution in [1.29, 1.82) is 0 Å². The second kappa shape index (κ2) is 6.78. The van der Waals surface area contributed by atoms with E-state index >= 15 is 0 Å². The standard InChI is InChI=1S/C17H18N2O2/c1-13-14(7-4-10-18)6-3-9-16(13)17(20)19(2)12-15-8-5-11-21-15/h3,5-6,8-9,11H,10,12,18H2,1-2H3. The largest absolute Gasteiger partial charge is 0.467 e. The van der Waals surface area contributed by atoms with Crippen molar-refractivity contribution in [3.8, 4) is 11.8 Å². The molecule has 0 atom stereocenters. The molecule has 0 saturated carbocycles. The third kappa shape index (κ3) is 3.53. The Morgan fingerprint density at radius 3 is 2.81 bits per heavy atom. The van der Waals surface area contributed by atoms with Crippen molar-refractivity contribution in [2.45, 2.75) is 13.5 Å². The van der Waals surface area contributed by atoms with E-state index in [1.54, 1.807) is 18.2 Å². The van der Waals surface area contributed by atoms with Gasteiger partial charge in [-0.2, -0.15) is 0 Å². The van der Waals surface area contributed by atoms with Crippen molar-refractivity contribution < 1.29 is 9.21 Å². The molecule has 1 aromatic carbocycles. The summed E-state index contributed by atoms with van der Waals surface area (Å²) in [6.07, 6.45) is 1.60. The summed E-state index contributed by atoms with van der Waals surface area (Å²) in [4.78, 5) is 14.2. The van der Waals surface area contributed by atoms with Crippen LogP contribution < -0.4 is 5.73 Å². The summed E-state index contributed by atoms with van der Waals surface area (Å²) >= 11 is 0. The van der Waals surface area contributed by atoms with Gasteiger partial charge in [0.25, 0.3) is 5.91 Å². The molecule has 0 unspecified atom stereocenters. The van der Waals surface area contributed by atoms with Crippen LogP contribution in [0.25, 0.3) is 0 Å². The van der Waals surface area contributed by atoms with Gasteiger partial charge >= 0.3 is 0 Å². The van der Waals surface area contributed by atoms with Crippen molar-refractivity contribution in [3.05, 3.63) is 59.0 Å². The maximum absolute atomic E-state index is 12.5. The van der Waals surface area contributed by atoms with E-state index in [0.29, 0.717) is 18.7 Å². The molecule has 4 heteroatoms. The molecule has 4 nitrogen and oxygen atoms in total. The van der Waals surface area contributed by atoms with E-state index in [1.807, 2.05) is 37.3 Å². The molecule has 0 saturated heterocycles. The number of benzene rings is 1. The number of carbonyl (C=O) groups excluding carboxylic acids is 1. The Bertz CT molecular complexity index is 679. The van der Waals surface area contributed by atoms with Gasteiger partial charge in [-0.1, -0.05) is 17.9 Å². The lowest BCUT2D eigenvalue weighted by atomic mass is 10.0. The monoisotopic (exact) mass is 282 g/mol. The summed E-state index contributed by atoms with van der Waals surface area (Å²) in [6, 6.07) is 9.19. The van der Waals surface area contributed by atoms with Crippen LogP contribution in [0, 0.1) is 18.8 Å². The fraction of sp³-hybridized carbons (Fsp3) is 0.235. The quantitative estimate of drug-likeness (QED) is 0.878. The van der Waals surface area contributed by atoms with E-state index in [-0.39, 0.29) is 5.91 Å². The van der Waals surface area contributed by atoms with Crippen molar-refractivity contribution >= 4 is 5.91 Å². The van der Waals surface area contributed by atoms with Crippen LogP contribution in [0.5, 0.6) is 0 Å². The Balaban J connectivity index is 2.22. The average Bonchev–Trinajstić information content (AvgIpc) is 2.98. The van der Waals surface area contributed by atoms with Gasteiger partial charge in [0, 0.05) is 18.2 Å². The molecule has 1 amide bonds. The van der Waals surface area contributed by atoms with Gasteiger partial charge in [0.15, 0.2) is 0 Å². The van der Waals surface area contributed by atoms with Gasteiger partial charge in [-0.15, -0.1) is 0 Å². The molecule has 0 aliphatic carbocycles. The summed E-state index contributed by atoms with van der Waals surface area (Å²) in [5, 5.41) is 0. The second-order valence-electron chi connectivity index (χ2n) is 4.72. The molecule has 2 N–H and O–H groups in total. The normalized spacial score (nSPS) is 9.86. The van der Waals surface area contributed by atoms with Crippen LogP contribution in [0.1, 0.15) is 27.2 Å². The lowest BCUT2D eigenvalue weighted by Gasteiger charge is -2.17. The molecule has 0 spiro atoms. The van der Waals surface area contributed by atoms with Crippen molar-refractivity contribution in [3.63, 3.8) is 0 Å². The van der Waals surface area contributed by atoms with Crippen molar-refractivity contribution in [2.24, 2.45) is 5.73 Å². The fourth-order valence-corrected chi connectivity index (χ4v) is 2.06. The molecule has 0 radical (unpaired) electrons. The highest BCUT2D eigenvalue weighted by Crippen LogP contribution is 2.16. The lowest BCUT2D eigenvalue weighted by Crippen LogP contribution is -2.26. The Morgan fingerprint density at radius 1 is 1.33 bits per heavy atom. The zero-order valence-corrected chi connectivity index (χ0v) is 12.2. The minimum Gasteiger partial charge on any atom is -0.467 e. The first kappa shape index (κ1) is 14.9. The van der Waals surface area contributed by atoms with Crippen LogP contribution in [0.3, 0.4) is 0 Å². The Kier molecular flexibility index (Phi) is 4.81. The van der Waals surface area contributed by atoms with Gasteiger partial charge in [-0.3, -0.25) is 4.79 Å². The van der Waals surface area contributed by atoms with Crippen molar-refractivity contribution in [1.82, 2.24) is 4.90 Å². The molecule has 0 aliphatic heterocycles. The zero-order chi connectivity index (χ0) is 15.2. The summed E-state index contributed by atoms with van der Waals surface area (Å²) in [5.41, 5.74) is 7.74. The molecule has 2 rings (SSSR count). The predicted molar refractivity (Wildman–Crippen MR) is 81.6 cm³/mol. The predicted octanol–water partition coefficient (Wildman–Crippen LogP) is 2.17. The molecular weight excluding hydrogens is 264 g/mol. The number of amides is 1. The number of nitrogens with two attached hydrogens (primary N) is 1. The molecule has 0 aliphatic rings. The van der Waals surface area contributed by atoms with E-state index < -0.39 is 0 Å². The fourth-order valence-electron chi connectivity index (χ4n) is 2.06. The summed E-state index contributed by atoms with van der Waals surface area (Å²) < 4.78 is 5.27. The smallest absolute Gasteiger partial charge is 0.254 e. The number of hydrogen-bond donors (Lipinski definition) is 1. The van der Waals surface area contributed by atoms with Crippen LogP contribution in [0.4, 0.5) is 0 Å². The summed E-state index contributed by atoms with van der Waals surface area (Å²) in [5.74, 6) is 6.50. The highest BCUT2D eigenvalue weighted by atomic mass is 16.3. The molecule has 1 aromatic heterocycles. The van der Waals surface area contributed by atoms with Crippen molar-refractivity contribution in [2.75, 3.05) is 13.6 Å². The number of furan rings is 1. The van der Waals surface area contributed by atoms with Gasteiger partial charge < -0.3 is 15.1 Å². The molecule has 108 valence electrons. The first-order valence-electron chi connectivity index (χ1n) is 6.70. The van der Waals surface area contributed by atoms with Crippen LogP contribution in [0.2, 0.25) is 0 Å². The van der Waals surface area contributed by atoms with Gasteiger partial charge in [0.2, 0.25) is 0 Å². The number of rotatable bonds is 3. The Morgan fingerprint density at radius 2 is 2.14 bits per heavy atom. The maximum atomic E-state index is 12.5. The van der Waals surface area contributed by atoms with E-state index in [4.69, 9.17) is 10.2 Å². The first-order chi connectivity index (χ1) is 10.1. The van der Waals surface area contributed by atoms with Gasteiger partial charge in [-0.05, 0) is 36.8 Å². The molecule has 1 heterocycles. The number of carbonyl (C=O) groups is 1. The van der Waals surface area contributed by atoms with Gasteiger partial charge in [0.1, 0.15) is 5.76 Å². The number of hydrogen-bond acceptors (Lipinski definition) is 3. The van der Waals surface area contributed by atoms with Gasteiger partial charge in [0.05, 0.1) is 19.4 Å². The van der Waals surface area contributed by atoms with Crippen LogP contribution >= 0.6 is 0 Å². The summed E-state index contributed by atoms with van der Waals surface area (Å²) in [6.45, 7) is 2.63. The topological polar surface area (TPSA) is 59.5 Å². The average molecular weight is 282 g/mol. The molecular formula is C17H18N2O2. The Hall–Kier alpha value is -2.51. The minimum absolute atomic E-state index is 0.0553. The lowest BCUT2D eigenvalue weighted by molar-refractivity contribution is 0.0774. The second-order valence-corrected chi connectivity index (χ2v) is 4.72. The van der Waals surface area contributed by atoms with Gasteiger partial charge in [-0.25, -0.2) is 0 Å².